The lowest BCUT2D eigenvalue weighted by Crippen LogP contribution is -2.12. The first kappa shape index (κ1) is 17.1. The predicted molar refractivity (Wildman–Crippen MR) is 105 cm³/mol. The third-order valence-corrected chi connectivity index (χ3v) is 4.20. The Hall–Kier alpha value is -3.31. The summed E-state index contributed by atoms with van der Waals surface area (Å²) in [5.41, 5.74) is 3.27. The monoisotopic (exact) mass is 356 g/mol. The fraction of sp³-hybridized carbons (Fsp3) is 0.136. The van der Waals surface area contributed by atoms with Gasteiger partial charge in [0.1, 0.15) is 12.4 Å². The molecule has 0 aliphatic heterocycles. The summed E-state index contributed by atoms with van der Waals surface area (Å²) in [5.74, 6) is 1.45. The first-order chi connectivity index (χ1) is 13.4. The maximum absolute atomic E-state index is 5.87. The Morgan fingerprint density at radius 3 is 2.63 bits per heavy atom. The molecule has 1 N–H and O–H groups in total. The molecule has 134 valence electrons. The molecule has 0 spiro atoms. The molecule has 5 nitrogen and oxygen atoms in total. The molecule has 4 aromatic rings. The highest BCUT2D eigenvalue weighted by molar-refractivity contribution is 5.75. The van der Waals surface area contributed by atoms with Gasteiger partial charge < -0.3 is 10.1 Å². The molecule has 0 fully saturated rings. The highest BCUT2D eigenvalue weighted by Gasteiger charge is 2.03. The minimum absolute atomic E-state index is 0.325. The normalized spacial score (nSPS) is 10.8. The molecule has 0 bridgehead atoms. The Bertz CT molecular complexity index is 1020. The fourth-order valence-corrected chi connectivity index (χ4v) is 2.82. The van der Waals surface area contributed by atoms with Gasteiger partial charge in [0.15, 0.2) is 5.82 Å². The average molecular weight is 356 g/mol. The van der Waals surface area contributed by atoms with Crippen LogP contribution in [0.4, 0.5) is 0 Å². The highest BCUT2D eigenvalue weighted by atomic mass is 16.5. The van der Waals surface area contributed by atoms with Crippen molar-refractivity contribution in [3.8, 4) is 5.75 Å². The van der Waals surface area contributed by atoms with Crippen molar-refractivity contribution in [1.29, 1.82) is 0 Å². The molecule has 2 heterocycles. The SMILES string of the molecule is c1ccc(CNCc2cccc(OCc3ncc4ccncc4n3)c2)cc1. The minimum Gasteiger partial charge on any atom is -0.486 e. The average Bonchev–Trinajstić information content (AvgIpc) is 2.73. The summed E-state index contributed by atoms with van der Waals surface area (Å²) in [5, 5.41) is 4.42. The quantitative estimate of drug-likeness (QED) is 0.544. The molecule has 2 aromatic carbocycles. The van der Waals surface area contributed by atoms with Gasteiger partial charge in [-0.05, 0) is 29.3 Å². The lowest BCUT2D eigenvalue weighted by Gasteiger charge is -2.09. The van der Waals surface area contributed by atoms with E-state index in [4.69, 9.17) is 4.74 Å². The molecule has 2 aromatic heterocycles. The maximum Gasteiger partial charge on any atom is 0.166 e. The number of hydrogen-bond donors (Lipinski definition) is 1. The van der Waals surface area contributed by atoms with Crippen molar-refractivity contribution in [3.05, 3.63) is 96.2 Å². The van der Waals surface area contributed by atoms with Crippen LogP contribution in [0.1, 0.15) is 17.0 Å². The number of fused-ring (bicyclic) bond motifs is 1. The van der Waals surface area contributed by atoms with Crippen LogP contribution in [0.25, 0.3) is 10.9 Å². The molecule has 0 atom stereocenters. The van der Waals surface area contributed by atoms with E-state index in [2.05, 4.69) is 50.6 Å². The molecular weight excluding hydrogens is 336 g/mol. The van der Waals surface area contributed by atoms with Gasteiger partial charge >= 0.3 is 0 Å². The Labute approximate surface area is 158 Å². The van der Waals surface area contributed by atoms with Crippen molar-refractivity contribution >= 4 is 10.9 Å². The Morgan fingerprint density at radius 1 is 0.852 bits per heavy atom. The van der Waals surface area contributed by atoms with E-state index in [1.807, 2.05) is 30.3 Å². The van der Waals surface area contributed by atoms with E-state index in [1.165, 1.54) is 11.1 Å². The minimum atomic E-state index is 0.325. The van der Waals surface area contributed by atoms with Crippen molar-refractivity contribution in [2.45, 2.75) is 19.7 Å². The number of nitrogens with one attached hydrogen (secondary N) is 1. The molecule has 0 amide bonds. The number of rotatable bonds is 7. The topological polar surface area (TPSA) is 59.9 Å². The van der Waals surface area contributed by atoms with Gasteiger partial charge in [-0.1, -0.05) is 42.5 Å². The lowest BCUT2D eigenvalue weighted by atomic mass is 10.2. The summed E-state index contributed by atoms with van der Waals surface area (Å²) in [6.45, 7) is 1.95. The van der Waals surface area contributed by atoms with Crippen LogP contribution in [0.2, 0.25) is 0 Å². The summed E-state index contributed by atoms with van der Waals surface area (Å²) in [6, 6.07) is 20.3. The first-order valence-corrected chi connectivity index (χ1v) is 8.89. The number of hydrogen-bond acceptors (Lipinski definition) is 5. The van der Waals surface area contributed by atoms with Gasteiger partial charge in [0, 0.05) is 30.9 Å². The van der Waals surface area contributed by atoms with Crippen LogP contribution in [0, 0.1) is 0 Å². The largest absolute Gasteiger partial charge is 0.486 e. The molecule has 0 unspecified atom stereocenters. The van der Waals surface area contributed by atoms with Gasteiger partial charge in [0.05, 0.1) is 11.7 Å². The van der Waals surface area contributed by atoms with Crippen molar-refractivity contribution < 1.29 is 4.74 Å². The summed E-state index contributed by atoms with van der Waals surface area (Å²) in [4.78, 5) is 12.9. The zero-order chi connectivity index (χ0) is 18.3. The smallest absolute Gasteiger partial charge is 0.166 e. The second-order valence-corrected chi connectivity index (χ2v) is 6.25. The van der Waals surface area contributed by atoms with Crippen molar-refractivity contribution in [2.24, 2.45) is 0 Å². The molecule has 27 heavy (non-hydrogen) atoms. The van der Waals surface area contributed by atoms with E-state index in [-0.39, 0.29) is 0 Å². The van der Waals surface area contributed by atoms with Crippen LogP contribution >= 0.6 is 0 Å². The van der Waals surface area contributed by atoms with Gasteiger partial charge in [0.2, 0.25) is 0 Å². The van der Waals surface area contributed by atoms with Crippen molar-refractivity contribution in [1.82, 2.24) is 20.3 Å². The van der Waals surface area contributed by atoms with Gasteiger partial charge in [-0.2, -0.15) is 0 Å². The van der Waals surface area contributed by atoms with Crippen LogP contribution in [-0.4, -0.2) is 15.0 Å². The molecule has 5 heteroatoms. The van der Waals surface area contributed by atoms with E-state index in [0.29, 0.717) is 12.4 Å². The number of pyridine rings is 1. The summed E-state index contributed by atoms with van der Waals surface area (Å²) in [7, 11) is 0. The molecule has 0 saturated carbocycles. The standard InChI is InChI=1S/C22H20N4O/c1-2-5-17(6-3-1)12-24-13-18-7-4-8-20(11-18)27-16-22-25-14-19-9-10-23-15-21(19)26-22/h1-11,14-15,24H,12-13,16H2. The Morgan fingerprint density at radius 2 is 1.70 bits per heavy atom. The van der Waals surface area contributed by atoms with Gasteiger partial charge in [-0.15, -0.1) is 0 Å². The molecule has 0 radical (unpaired) electrons. The number of nitrogens with zero attached hydrogens (tertiary/aromatic N) is 3. The lowest BCUT2D eigenvalue weighted by molar-refractivity contribution is 0.296. The number of benzene rings is 2. The van der Waals surface area contributed by atoms with Crippen molar-refractivity contribution in [3.63, 3.8) is 0 Å². The van der Waals surface area contributed by atoms with E-state index < -0.39 is 0 Å². The van der Waals surface area contributed by atoms with Gasteiger partial charge in [-0.25, -0.2) is 9.97 Å². The van der Waals surface area contributed by atoms with Gasteiger partial charge in [0.25, 0.3) is 0 Å². The van der Waals surface area contributed by atoms with E-state index in [0.717, 1.165) is 29.7 Å². The summed E-state index contributed by atoms with van der Waals surface area (Å²) >= 11 is 0. The summed E-state index contributed by atoms with van der Waals surface area (Å²) in [6.07, 6.45) is 5.27. The maximum atomic E-state index is 5.87. The number of ether oxygens (including phenoxy) is 1. The van der Waals surface area contributed by atoms with Crippen LogP contribution in [0.3, 0.4) is 0 Å². The van der Waals surface area contributed by atoms with E-state index in [1.54, 1.807) is 18.6 Å². The molecular formula is C22H20N4O. The number of aromatic nitrogens is 3. The molecule has 4 rings (SSSR count). The second kappa shape index (κ2) is 8.38. The molecule has 0 saturated heterocycles. The fourth-order valence-electron chi connectivity index (χ4n) is 2.82. The molecule has 0 aliphatic rings. The Kier molecular flexibility index (Phi) is 5.31. The molecule has 0 aliphatic carbocycles. The Balaban J connectivity index is 1.34. The van der Waals surface area contributed by atoms with Crippen LogP contribution < -0.4 is 10.1 Å². The van der Waals surface area contributed by atoms with Gasteiger partial charge in [-0.3, -0.25) is 4.98 Å². The first-order valence-electron chi connectivity index (χ1n) is 8.89. The van der Waals surface area contributed by atoms with E-state index >= 15 is 0 Å². The predicted octanol–water partition coefficient (Wildman–Crippen LogP) is 3.89. The van der Waals surface area contributed by atoms with E-state index in [9.17, 15) is 0 Å². The van der Waals surface area contributed by atoms with Crippen LogP contribution in [0.15, 0.2) is 79.3 Å². The third kappa shape index (κ3) is 4.65. The second-order valence-electron chi connectivity index (χ2n) is 6.25. The van der Waals surface area contributed by atoms with Crippen molar-refractivity contribution in [2.75, 3.05) is 0 Å². The van der Waals surface area contributed by atoms with Crippen LogP contribution in [0.5, 0.6) is 5.75 Å². The zero-order valence-corrected chi connectivity index (χ0v) is 14.9. The highest BCUT2D eigenvalue weighted by Crippen LogP contribution is 2.15. The van der Waals surface area contributed by atoms with Crippen LogP contribution in [-0.2, 0) is 19.7 Å². The summed E-state index contributed by atoms with van der Waals surface area (Å²) < 4.78 is 5.87. The third-order valence-electron chi connectivity index (χ3n) is 4.20. The zero-order valence-electron chi connectivity index (χ0n) is 14.9.